The molecule has 0 aliphatic rings. The average molecular weight is 128 g/mol. The van der Waals surface area contributed by atoms with Crippen LogP contribution < -0.4 is 0 Å². The first-order chi connectivity index (χ1) is 4.84. The first-order valence-corrected chi connectivity index (χ1v) is 3.28. The summed E-state index contributed by atoms with van der Waals surface area (Å²) in [4.78, 5) is 0. The van der Waals surface area contributed by atoms with Gasteiger partial charge in [-0.15, -0.1) is 0 Å². The van der Waals surface area contributed by atoms with Gasteiger partial charge >= 0.3 is 0 Å². The molecular formula is C9H9B. The van der Waals surface area contributed by atoms with Crippen LogP contribution in [0.1, 0.15) is 5.56 Å². The van der Waals surface area contributed by atoms with Crippen LogP contribution >= 0.6 is 0 Å². The quantitative estimate of drug-likeness (QED) is 0.536. The van der Waals surface area contributed by atoms with Gasteiger partial charge in [0.15, 0.2) is 0 Å². The van der Waals surface area contributed by atoms with Crippen molar-refractivity contribution in [2.45, 2.75) is 6.32 Å². The Bertz CT molecular complexity index is 213. The standard InChI is InChI=1S/C9H9B/c1-8(7-10)9-5-3-2-4-6-9/h2-6H,1,7H2. The summed E-state index contributed by atoms with van der Waals surface area (Å²) in [6.07, 6.45) is 0.532. The maximum Gasteiger partial charge on any atom is 0.0716 e. The average Bonchev–Trinajstić information content (AvgIpc) is 2.05. The van der Waals surface area contributed by atoms with Crippen LogP contribution in [0.15, 0.2) is 36.9 Å². The third-order valence-corrected chi connectivity index (χ3v) is 1.43. The minimum atomic E-state index is 0.532. The van der Waals surface area contributed by atoms with Gasteiger partial charge < -0.3 is 0 Å². The number of rotatable bonds is 2. The van der Waals surface area contributed by atoms with Crippen molar-refractivity contribution < 1.29 is 0 Å². The normalized spacial score (nSPS) is 9.20. The second-order valence-corrected chi connectivity index (χ2v) is 2.17. The second kappa shape index (κ2) is 3.26. The van der Waals surface area contributed by atoms with Crippen molar-refractivity contribution in [1.29, 1.82) is 0 Å². The van der Waals surface area contributed by atoms with Gasteiger partial charge in [0.1, 0.15) is 0 Å². The van der Waals surface area contributed by atoms with Gasteiger partial charge in [0.2, 0.25) is 0 Å². The predicted octanol–water partition coefficient (Wildman–Crippen LogP) is 2.29. The van der Waals surface area contributed by atoms with Gasteiger partial charge in [-0.2, -0.15) is 0 Å². The summed E-state index contributed by atoms with van der Waals surface area (Å²) in [5, 5.41) is 0. The number of hydrogen-bond acceptors (Lipinski definition) is 0. The molecule has 0 aliphatic carbocycles. The van der Waals surface area contributed by atoms with Crippen LogP contribution in [0.4, 0.5) is 0 Å². The monoisotopic (exact) mass is 128 g/mol. The SMILES string of the molecule is [B]CC(=C)c1ccccc1. The zero-order valence-electron chi connectivity index (χ0n) is 5.88. The maximum atomic E-state index is 5.40. The molecule has 0 spiro atoms. The largest absolute Gasteiger partial charge is 0.0960 e. The Morgan fingerprint density at radius 3 is 2.40 bits per heavy atom. The van der Waals surface area contributed by atoms with Gasteiger partial charge in [-0.05, 0) is 5.56 Å². The van der Waals surface area contributed by atoms with Crippen LogP contribution in [0.25, 0.3) is 5.57 Å². The Morgan fingerprint density at radius 2 is 1.90 bits per heavy atom. The minimum Gasteiger partial charge on any atom is -0.0960 e. The molecule has 1 aromatic rings. The van der Waals surface area contributed by atoms with Crippen molar-refractivity contribution in [2.75, 3.05) is 0 Å². The van der Waals surface area contributed by atoms with Crippen LogP contribution in [0, 0.1) is 0 Å². The molecule has 0 aliphatic heterocycles. The van der Waals surface area contributed by atoms with Crippen molar-refractivity contribution in [3.63, 3.8) is 0 Å². The van der Waals surface area contributed by atoms with Crippen LogP contribution in [0.3, 0.4) is 0 Å². The van der Waals surface area contributed by atoms with E-state index >= 15 is 0 Å². The van der Waals surface area contributed by atoms with Gasteiger partial charge in [-0.25, -0.2) is 0 Å². The number of benzene rings is 1. The fourth-order valence-electron chi connectivity index (χ4n) is 0.792. The maximum absolute atomic E-state index is 5.40. The zero-order chi connectivity index (χ0) is 7.40. The highest BCUT2D eigenvalue weighted by Crippen LogP contribution is 2.13. The van der Waals surface area contributed by atoms with Crippen LogP contribution in [-0.4, -0.2) is 7.85 Å². The lowest BCUT2D eigenvalue weighted by Gasteiger charge is -1.99. The molecule has 1 aromatic carbocycles. The summed E-state index contributed by atoms with van der Waals surface area (Å²) in [6, 6.07) is 9.96. The lowest BCUT2D eigenvalue weighted by molar-refractivity contribution is 1.58. The lowest BCUT2D eigenvalue weighted by atomic mass is 9.93. The van der Waals surface area contributed by atoms with E-state index in [0.717, 1.165) is 11.1 Å². The molecule has 10 heavy (non-hydrogen) atoms. The predicted molar refractivity (Wildman–Crippen MR) is 46.0 cm³/mol. The van der Waals surface area contributed by atoms with E-state index in [9.17, 15) is 0 Å². The Hall–Kier alpha value is -0.975. The Morgan fingerprint density at radius 1 is 1.30 bits per heavy atom. The summed E-state index contributed by atoms with van der Waals surface area (Å²) in [5.74, 6) is 0. The number of allylic oxidation sites excluding steroid dienone is 1. The third-order valence-electron chi connectivity index (χ3n) is 1.43. The first kappa shape index (κ1) is 7.14. The lowest BCUT2D eigenvalue weighted by Crippen LogP contribution is -1.79. The molecule has 0 saturated heterocycles. The molecule has 0 N–H and O–H groups in total. The highest BCUT2D eigenvalue weighted by Gasteiger charge is 1.91. The van der Waals surface area contributed by atoms with E-state index in [1.54, 1.807) is 0 Å². The summed E-state index contributed by atoms with van der Waals surface area (Å²) >= 11 is 0. The van der Waals surface area contributed by atoms with E-state index < -0.39 is 0 Å². The smallest absolute Gasteiger partial charge is 0.0716 e. The van der Waals surface area contributed by atoms with E-state index in [4.69, 9.17) is 7.85 Å². The van der Waals surface area contributed by atoms with E-state index in [1.165, 1.54) is 0 Å². The Kier molecular flexibility index (Phi) is 2.32. The molecule has 0 heterocycles. The van der Waals surface area contributed by atoms with Crippen LogP contribution in [0.2, 0.25) is 6.32 Å². The summed E-state index contributed by atoms with van der Waals surface area (Å²) in [5.41, 5.74) is 2.12. The van der Waals surface area contributed by atoms with Crippen molar-refractivity contribution in [3.8, 4) is 0 Å². The molecule has 0 atom stereocenters. The molecule has 0 aromatic heterocycles. The van der Waals surface area contributed by atoms with Crippen LogP contribution in [0.5, 0.6) is 0 Å². The number of hydrogen-bond donors (Lipinski definition) is 0. The molecule has 0 fully saturated rings. The highest BCUT2D eigenvalue weighted by molar-refractivity contribution is 6.14. The van der Waals surface area contributed by atoms with Crippen LogP contribution in [-0.2, 0) is 0 Å². The molecular weight excluding hydrogens is 119 g/mol. The molecule has 0 bridgehead atoms. The van der Waals surface area contributed by atoms with Gasteiger partial charge in [0, 0.05) is 0 Å². The molecule has 1 heteroatoms. The fraction of sp³-hybridized carbons (Fsp3) is 0.111. The molecule has 1 rings (SSSR count). The van der Waals surface area contributed by atoms with E-state index in [-0.39, 0.29) is 0 Å². The topological polar surface area (TPSA) is 0 Å². The zero-order valence-corrected chi connectivity index (χ0v) is 5.88. The molecule has 0 nitrogen and oxygen atoms in total. The highest BCUT2D eigenvalue weighted by atomic mass is 13.9. The third kappa shape index (κ3) is 1.50. The summed E-state index contributed by atoms with van der Waals surface area (Å²) in [7, 11) is 5.40. The van der Waals surface area contributed by atoms with Gasteiger partial charge in [0.05, 0.1) is 7.85 Å². The van der Waals surface area contributed by atoms with Gasteiger partial charge in [-0.3, -0.25) is 0 Å². The van der Waals surface area contributed by atoms with Gasteiger partial charge in [0.25, 0.3) is 0 Å². The van der Waals surface area contributed by atoms with E-state index in [2.05, 4.69) is 6.58 Å². The Balaban J connectivity index is 2.85. The van der Waals surface area contributed by atoms with E-state index in [1.807, 2.05) is 30.3 Å². The summed E-state index contributed by atoms with van der Waals surface area (Å²) in [6.45, 7) is 3.82. The van der Waals surface area contributed by atoms with Crippen molar-refractivity contribution in [3.05, 3.63) is 42.5 Å². The second-order valence-electron chi connectivity index (χ2n) is 2.17. The molecule has 0 amide bonds. The van der Waals surface area contributed by atoms with E-state index in [0.29, 0.717) is 6.32 Å². The van der Waals surface area contributed by atoms with Crippen molar-refractivity contribution >= 4 is 13.4 Å². The molecule has 0 saturated carbocycles. The molecule has 2 radical (unpaired) electrons. The first-order valence-electron chi connectivity index (χ1n) is 3.28. The fourth-order valence-corrected chi connectivity index (χ4v) is 0.792. The Labute approximate surface area is 63.0 Å². The van der Waals surface area contributed by atoms with Crippen molar-refractivity contribution in [1.82, 2.24) is 0 Å². The minimum absolute atomic E-state index is 0.532. The van der Waals surface area contributed by atoms with Crippen molar-refractivity contribution in [2.24, 2.45) is 0 Å². The molecule has 48 valence electrons. The molecule has 0 unspecified atom stereocenters. The van der Waals surface area contributed by atoms with Gasteiger partial charge in [-0.1, -0.05) is 48.8 Å². The summed E-state index contributed by atoms with van der Waals surface area (Å²) < 4.78 is 0.